The molecule has 0 aliphatic heterocycles. The van der Waals surface area contributed by atoms with Crippen molar-refractivity contribution in [3.63, 3.8) is 0 Å². The van der Waals surface area contributed by atoms with Crippen LogP contribution < -0.4 is 5.32 Å². The molecule has 0 aliphatic rings. The highest BCUT2D eigenvalue weighted by Gasteiger charge is 2.19. The number of carbonyl (C=O) groups excluding carboxylic acids is 2. The number of carboxylic acids is 1. The standard InChI is InChI=1S/C19H26BrNO5/c1-2-5-17(18(23)24)21-19(25)26-13-4-8-16(22)7-3-6-14-9-11-15(20)12-10-14/h9-12,17H,2-8,13H2,1H3,(H,21,25)(H,23,24)/t17-/m0/s1/i20-3. The van der Waals surface area contributed by atoms with E-state index >= 15 is 0 Å². The van der Waals surface area contributed by atoms with Crippen LogP contribution in [0.25, 0.3) is 0 Å². The first-order valence-corrected chi connectivity index (χ1v) is 9.64. The molecule has 0 aliphatic carbocycles. The van der Waals surface area contributed by atoms with E-state index in [-0.39, 0.29) is 12.4 Å². The molecule has 1 amide bonds. The Labute approximate surface area is 162 Å². The Kier molecular flexibility index (Phi) is 10.6. The summed E-state index contributed by atoms with van der Waals surface area (Å²) in [5, 5.41) is 11.3. The number of alkyl carbamates (subject to hydrolysis) is 1. The Hall–Kier alpha value is -1.89. The van der Waals surface area contributed by atoms with E-state index in [0.29, 0.717) is 32.1 Å². The number of benzene rings is 1. The second kappa shape index (κ2) is 12.5. The third-order valence-corrected chi connectivity index (χ3v) is 4.36. The van der Waals surface area contributed by atoms with Crippen LogP contribution in [0.3, 0.4) is 0 Å². The monoisotopic (exact) mass is 425 g/mol. The van der Waals surface area contributed by atoms with Gasteiger partial charge >= 0.3 is 12.1 Å². The molecule has 2 N–H and O–H groups in total. The number of aryl methyl sites for hydroxylation is 1. The molecular weight excluding hydrogens is 399 g/mol. The lowest BCUT2D eigenvalue weighted by atomic mass is 10.0. The van der Waals surface area contributed by atoms with Crippen LogP contribution in [-0.2, 0) is 20.7 Å². The molecule has 1 atom stereocenters. The summed E-state index contributed by atoms with van der Waals surface area (Å²) in [5.74, 6) is -0.940. The molecular formula is C19H26BrNO5. The minimum Gasteiger partial charge on any atom is -0.480 e. The van der Waals surface area contributed by atoms with Crippen LogP contribution >= 0.6 is 15.9 Å². The first-order valence-electron chi connectivity index (χ1n) is 8.84. The predicted octanol–water partition coefficient (Wildman–Crippen LogP) is 4.10. The Bertz CT molecular complexity index is 588. The van der Waals surface area contributed by atoms with Crippen molar-refractivity contribution in [1.29, 1.82) is 0 Å². The van der Waals surface area contributed by atoms with Crippen molar-refractivity contribution in [1.82, 2.24) is 5.32 Å². The van der Waals surface area contributed by atoms with Gasteiger partial charge in [-0.25, -0.2) is 9.59 Å². The molecule has 6 nitrogen and oxygen atoms in total. The molecule has 0 aromatic heterocycles. The van der Waals surface area contributed by atoms with Crippen LogP contribution in [0.15, 0.2) is 28.7 Å². The highest BCUT2D eigenvalue weighted by molar-refractivity contribution is 9.10. The molecule has 144 valence electrons. The topological polar surface area (TPSA) is 92.7 Å². The van der Waals surface area contributed by atoms with Gasteiger partial charge in [-0.2, -0.15) is 0 Å². The number of ketones is 1. The second-order valence-electron chi connectivity index (χ2n) is 6.08. The summed E-state index contributed by atoms with van der Waals surface area (Å²) in [6.07, 6.45) is 3.17. The molecule has 26 heavy (non-hydrogen) atoms. The summed E-state index contributed by atoms with van der Waals surface area (Å²) >= 11 is 3.39. The summed E-state index contributed by atoms with van der Waals surface area (Å²) in [6.45, 7) is 1.94. The number of hydrogen-bond donors (Lipinski definition) is 2. The van der Waals surface area contributed by atoms with E-state index in [0.717, 1.165) is 17.3 Å². The quantitative estimate of drug-likeness (QED) is 0.492. The van der Waals surface area contributed by atoms with Crippen LogP contribution in [0, 0.1) is 0 Å². The third-order valence-electron chi connectivity index (χ3n) is 3.83. The largest absolute Gasteiger partial charge is 0.480 e. The summed E-state index contributed by atoms with van der Waals surface area (Å²) in [6, 6.07) is 7.09. The zero-order chi connectivity index (χ0) is 19.4. The highest BCUT2D eigenvalue weighted by Crippen LogP contribution is 2.13. The SMILES string of the molecule is CCC[C@H](NC(=O)OCCCC(=O)CCCc1ccc([77Br])cc1)C(=O)O. The molecule has 0 bridgehead atoms. The van der Waals surface area contributed by atoms with Gasteiger partial charge in [-0.1, -0.05) is 41.4 Å². The van der Waals surface area contributed by atoms with Crippen LogP contribution in [0.1, 0.15) is 51.0 Å². The lowest BCUT2D eigenvalue weighted by Crippen LogP contribution is -2.41. The molecule has 0 heterocycles. The number of amides is 1. The van der Waals surface area contributed by atoms with Crippen LogP contribution in [0.5, 0.6) is 0 Å². The zero-order valence-electron chi connectivity index (χ0n) is 15.0. The van der Waals surface area contributed by atoms with Gasteiger partial charge < -0.3 is 15.2 Å². The Morgan fingerprint density at radius 3 is 2.42 bits per heavy atom. The Morgan fingerprint density at radius 2 is 1.81 bits per heavy atom. The fourth-order valence-corrected chi connectivity index (χ4v) is 2.69. The van der Waals surface area contributed by atoms with E-state index in [1.54, 1.807) is 0 Å². The number of ether oxygens (including phenoxy) is 1. The lowest BCUT2D eigenvalue weighted by molar-refractivity contribution is -0.139. The number of halogens is 1. The van der Waals surface area contributed by atoms with Crippen molar-refractivity contribution in [2.24, 2.45) is 0 Å². The third kappa shape index (κ3) is 9.56. The maximum atomic E-state index is 11.8. The first-order chi connectivity index (χ1) is 12.4. The fraction of sp³-hybridized carbons (Fsp3) is 0.526. The van der Waals surface area contributed by atoms with Gasteiger partial charge in [0.1, 0.15) is 11.8 Å². The van der Waals surface area contributed by atoms with Crippen LogP contribution in [0.4, 0.5) is 4.79 Å². The van der Waals surface area contributed by atoms with Crippen molar-refractivity contribution in [2.75, 3.05) is 6.61 Å². The molecule has 1 rings (SSSR count). The molecule has 0 saturated heterocycles. The van der Waals surface area contributed by atoms with E-state index in [1.807, 2.05) is 31.2 Å². The fourth-order valence-electron chi connectivity index (χ4n) is 2.43. The van der Waals surface area contributed by atoms with Gasteiger partial charge in [-0.3, -0.25) is 4.79 Å². The molecule has 1 aromatic carbocycles. The number of rotatable bonds is 12. The van der Waals surface area contributed by atoms with Gasteiger partial charge in [0.15, 0.2) is 0 Å². The van der Waals surface area contributed by atoms with E-state index in [4.69, 9.17) is 9.84 Å². The number of carboxylic acid groups (broad SMARTS) is 1. The summed E-state index contributed by atoms with van der Waals surface area (Å²) in [4.78, 5) is 34.3. The van der Waals surface area contributed by atoms with Gasteiger partial charge in [0.2, 0.25) is 0 Å². The molecule has 0 spiro atoms. The summed E-state index contributed by atoms with van der Waals surface area (Å²) < 4.78 is 5.97. The number of carbonyl (C=O) groups is 3. The highest BCUT2D eigenvalue weighted by atomic mass is 76.9. The van der Waals surface area contributed by atoms with E-state index in [9.17, 15) is 14.4 Å². The van der Waals surface area contributed by atoms with E-state index in [2.05, 4.69) is 21.2 Å². The molecule has 7 heteroatoms. The molecule has 0 saturated carbocycles. The molecule has 0 radical (unpaired) electrons. The van der Waals surface area contributed by atoms with Crippen molar-refractivity contribution in [2.45, 2.75) is 57.9 Å². The van der Waals surface area contributed by atoms with Crippen molar-refractivity contribution < 1.29 is 24.2 Å². The normalized spacial score (nSPS) is 11.6. The van der Waals surface area contributed by atoms with Gasteiger partial charge in [-0.05, 0) is 43.4 Å². The zero-order valence-corrected chi connectivity index (χ0v) is 16.6. The van der Waals surface area contributed by atoms with E-state index < -0.39 is 18.1 Å². The number of Topliss-reactive ketones (excluding diaryl/α,β-unsaturated/α-hetero) is 1. The second-order valence-corrected chi connectivity index (χ2v) is 7.00. The average molecular weight is 425 g/mol. The minimum absolute atomic E-state index is 0.0999. The Balaban J connectivity index is 2.12. The summed E-state index contributed by atoms with van der Waals surface area (Å²) in [7, 11) is 0. The van der Waals surface area contributed by atoms with Gasteiger partial charge in [0, 0.05) is 17.3 Å². The molecule has 0 fully saturated rings. The van der Waals surface area contributed by atoms with Crippen molar-refractivity contribution in [3.05, 3.63) is 34.3 Å². The smallest absolute Gasteiger partial charge is 0.407 e. The van der Waals surface area contributed by atoms with E-state index in [1.165, 1.54) is 5.56 Å². The molecule has 0 unspecified atom stereocenters. The first kappa shape index (κ1) is 22.2. The Morgan fingerprint density at radius 1 is 1.15 bits per heavy atom. The van der Waals surface area contributed by atoms with Crippen molar-refractivity contribution in [3.8, 4) is 0 Å². The summed E-state index contributed by atoms with van der Waals surface area (Å²) in [5.41, 5.74) is 1.20. The van der Waals surface area contributed by atoms with Gasteiger partial charge in [0.25, 0.3) is 0 Å². The van der Waals surface area contributed by atoms with Crippen molar-refractivity contribution >= 4 is 33.8 Å². The molecule has 1 aromatic rings. The maximum Gasteiger partial charge on any atom is 0.407 e. The minimum atomic E-state index is -1.08. The predicted molar refractivity (Wildman–Crippen MR) is 102 cm³/mol. The average Bonchev–Trinajstić information content (AvgIpc) is 2.60. The van der Waals surface area contributed by atoms with Gasteiger partial charge in [0.05, 0.1) is 6.61 Å². The van der Waals surface area contributed by atoms with Gasteiger partial charge in [-0.15, -0.1) is 0 Å². The maximum absolute atomic E-state index is 11.8. The lowest BCUT2D eigenvalue weighted by Gasteiger charge is -2.13. The number of nitrogens with one attached hydrogen (secondary N) is 1. The van der Waals surface area contributed by atoms with Crippen LogP contribution in [-0.4, -0.2) is 35.6 Å². The van der Waals surface area contributed by atoms with Crippen LogP contribution in [0.2, 0.25) is 0 Å². The number of aliphatic carboxylic acids is 1. The number of hydrogen-bond acceptors (Lipinski definition) is 4.